The van der Waals surface area contributed by atoms with Gasteiger partial charge < -0.3 is 62.1 Å². The predicted octanol–water partition coefficient (Wildman–Crippen LogP) is 6.77. The summed E-state index contributed by atoms with van der Waals surface area (Å²) in [6.45, 7) is 5.26. The SMILES string of the molecule is CCCCC(C(=O)N1CCC[C@H]1C(=O)N[C@@H](CC(C)C)C(=O)N[C@@H](Cc1c[nH]c2ccccc12)C(=O)OCc1cc(C(F)(F)F)cc(C(F)(F)F)c1)N(C)C(=O)[C@H](Cc1ccccc1)NC(=O)CNC(=O)[C@@H](C)NC(=O)[C@@H](N)Cc1ccc(O)cc1.O=C(O)C(F)(F)F. The molecular formula is C63H74F9N9O12. The summed E-state index contributed by atoms with van der Waals surface area (Å²) in [5.74, 6) is -9.19. The summed E-state index contributed by atoms with van der Waals surface area (Å²) in [5, 5.41) is 30.3. The maximum absolute atomic E-state index is 14.9. The number of para-hydroxylation sites is 1. The molecule has 7 atom stereocenters. The number of ether oxygens (including phenoxy) is 1. The number of phenolic OH excluding ortho intramolecular Hbond substituents is 1. The lowest BCUT2D eigenvalue weighted by atomic mass is 10.00. The van der Waals surface area contributed by atoms with E-state index in [1.165, 1.54) is 35.9 Å². The number of phenols is 1. The van der Waals surface area contributed by atoms with Crippen LogP contribution in [0.15, 0.2) is 103 Å². The molecule has 0 radical (unpaired) electrons. The number of unbranched alkanes of at least 4 members (excludes halogenated alkanes) is 1. The zero-order chi connectivity index (χ0) is 69.1. The fourth-order valence-electron chi connectivity index (χ4n) is 10.1. The van der Waals surface area contributed by atoms with Gasteiger partial charge in [0.25, 0.3) is 0 Å². The number of aromatic nitrogens is 1. The lowest BCUT2D eigenvalue weighted by Gasteiger charge is -2.35. The van der Waals surface area contributed by atoms with Crippen molar-refractivity contribution < 1.29 is 97.6 Å². The number of alkyl halides is 9. The number of rotatable bonds is 27. The molecule has 4 aromatic carbocycles. The maximum atomic E-state index is 14.9. The zero-order valence-electron chi connectivity index (χ0n) is 51.3. The number of likely N-dealkylation sites (tertiary alicyclic amines) is 1. The number of nitrogens with one attached hydrogen (secondary N) is 6. The monoisotopic (exact) mass is 1320 g/mol. The third-order valence-electron chi connectivity index (χ3n) is 14.9. The minimum Gasteiger partial charge on any atom is -0.508 e. The maximum Gasteiger partial charge on any atom is 0.490 e. The summed E-state index contributed by atoms with van der Waals surface area (Å²) in [7, 11) is 1.41. The van der Waals surface area contributed by atoms with Gasteiger partial charge in [0.05, 0.1) is 23.7 Å². The number of carboxylic acid groups (broad SMARTS) is 1. The minimum atomic E-state index is -5.17. The fourth-order valence-corrected chi connectivity index (χ4v) is 10.1. The van der Waals surface area contributed by atoms with E-state index in [1.54, 1.807) is 86.8 Å². The number of aromatic hydroxyl groups is 1. The van der Waals surface area contributed by atoms with Crippen molar-refractivity contribution >= 4 is 64.2 Å². The highest BCUT2D eigenvalue weighted by Crippen LogP contribution is 2.37. The molecule has 10 N–H and O–H groups in total. The van der Waals surface area contributed by atoms with Crippen LogP contribution in [0.5, 0.6) is 5.75 Å². The van der Waals surface area contributed by atoms with Crippen molar-refractivity contribution in [1.82, 2.24) is 41.4 Å². The van der Waals surface area contributed by atoms with Crippen molar-refractivity contribution in [2.24, 2.45) is 11.7 Å². The molecule has 1 aromatic heterocycles. The second-order valence-electron chi connectivity index (χ2n) is 22.7. The normalized spacial score (nSPS) is 15.3. The van der Waals surface area contributed by atoms with Gasteiger partial charge in [-0.05, 0) is 104 Å². The van der Waals surface area contributed by atoms with Crippen molar-refractivity contribution in [2.45, 2.75) is 153 Å². The number of amides is 7. The summed E-state index contributed by atoms with van der Waals surface area (Å²) < 4.78 is 119. The molecule has 0 saturated carbocycles. The Morgan fingerprint density at radius 3 is 1.91 bits per heavy atom. The number of aromatic amines is 1. The Kier molecular flexibility index (Phi) is 26.7. The Morgan fingerprint density at radius 2 is 1.32 bits per heavy atom. The lowest BCUT2D eigenvalue weighted by molar-refractivity contribution is -0.192. The van der Waals surface area contributed by atoms with E-state index in [1.807, 2.05) is 6.92 Å². The molecule has 6 rings (SSSR count). The molecule has 506 valence electrons. The molecule has 21 nitrogen and oxygen atoms in total. The summed E-state index contributed by atoms with van der Waals surface area (Å²) in [5.41, 5.74) is 4.67. The Morgan fingerprint density at radius 1 is 0.720 bits per heavy atom. The minimum absolute atomic E-state index is 0.000568. The van der Waals surface area contributed by atoms with Crippen LogP contribution in [0.3, 0.4) is 0 Å². The number of hydrogen-bond donors (Lipinski definition) is 9. The van der Waals surface area contributed by atoms with E-state index < -0.39 is 144 Å². The molecular weight excluding hydrogens is 1250 g/mol. The number of halogens is 9. The lowest BCUT2D eigenvalue weighted by Crippen LogP contribution is -2.59. The molecule has 30 heteroatoms. The molecule has 7 amide bonds. The molecule has 0 aliphatic carbocycles. The third kappa shape index (κ3) is 22.5. The molecule has 2 heterocycles. The zero-order valence-corrected chi connectivity index (χ0v) is 51.3. The Labute approximate surface area is 528 Å². The van der Waals surface area contributed by atoms with Gasteiger partial charge in [-0.1, -0.05) is 94.3 Å². The van der Waals surface area contributed by atoms with Gasteiger partial charge in [0.2, 0.25) is 41.4 Å². The molecule has 1 aliphatic heterocycles. The standard InChI is InChI=1S/C61H73F6N9O10.C2HF3O2/c1-6-7-18-51(75(5)57(83)48(29-37-14-9-8-10-15-37)72-52(78)33-70-53(79)36(4)71-54(80)45(68)28-38-20-22-43(77)23-21-38)58(84)76-24-13-19-50(76)56(82)73-47(25-35(2)3)55(81)74-49(30-40-32-69-46-17-12-11-16-44(40)46)59(85)86-34-39-26-41(60(62,63)64)31-42(27-39)61(65,66)67;3-2(4,5)1(6)7/h8-12,14-17,20-23,26-27,31-32,35-36,45,47-51,69,77H,6-7,13,18-19,24-25,28-30,33-34,68H2,1-5H3,(H,70,79)(H,71,80)(H,72,78)(H,73,82)(H,74,81);(H,6,7)/t36-,45+,47+,48+,49+,50+,51?;/m1./s1. The van der Waals surface area contributed by atoms with Crippen molar-refractivity contribution in [1.29, 1.82) is 0 Å². The molecule has 5 aromatic rings. The number of esters is 1. The average molecular weight is 1320 g/mol. The van der Waals surface area contributed by atoms with Gasteiger partial charge >= 0.3 is 30.5 Å². The van der Waals surface area contributed by atoms with Crippen molar-refractivity contribution in [3.63, 3.8) is 0 Å². The van der Waals surface area contributed by atoms with Crippen LogP contribution in [0.2, 0.25) is 0 Å². The summed E-state index contributed by atoms with van der Waals surface area (Å²) in [4.78, 5) is 126. The van der Waals surface area contributed by atoms with Crippen LogP contribution in [0, 0.1) is 5.92 Å². The summed E-state index contributed by atoms with van der Waals surface area (Å²) >= 11 is 0. The first kappa shape index (κ1) is 74.5. The largest absolute Gasteiger partial charge is 0.508 e. The first-order chi connectivity index (χ1) is 43.6. The van der Waals surface area contributed by atoms with Gasteiger partial charge in [-0.2, -0.15) is 39.5 Å². The molecule has 1 unspecified atom stereocenters. The van der Waals surface area contributed by atoms with E-state index in [0.717, 1.165) is 0 Å². The highest BCUT2D eigenvalue weighted by atomic mass is 19.4. The Hall–Kier alpha value is -9.22. The Bertz CT molecular complexity index is 3370. The average Bonchev–Trinajstić information content (AvgIpc) is 1.83. The van der Waals surface area contributed by atoms with Crippen LogP contribution < -0.4 is 32.3 Å². The number of benzene rings is 4. The summed E-state index contributed by atoms with van der Waals surface area (Å²) in [6.07, 6.45) is -12.3. The van der Waals surface area contributed by atoms with Gasteiger partial charge in [-0.25, -0.2) is 9.59 Å². The molecule has 1 fully saturated rings. The highest BCUT2D eigenvalue weighted by molar-refractivity contribution is 5.97. The first-order valence-corrected chi connectivity index (χ1v) is 29.5. The third-order valence-corrected chi connectivity index (χ3v) is 14.9. The topological polar surface area (TPSA) is 312 Å². The van der Waals surface area contributed by atoms with Crippen molar-refractivity contribution in [3.8, 4) is 5.75 Å². The molecule has 93 heavy (non-hydrogen) atoms. The number of fused-ring (bicyclic) bond motifs is 1. The number of nitrogens with two attached hydrogens (primary N) is 1. The van der Waals surface area contributed by atoms with Crippen LogP contribution in [0.4, 0.5) is 39.5 Å². The van der Waals surface area contributed by atoms with Gasteiger partial charge in [-0.15, -0.1) is 0 Å². The van der Waals surface area contributed by atoms with Gasteiger partial charge in [0, 0.05) is 43.5 Å². The highest BCUT2D eigenvalue weighted by Gasteiger charge is 2.43. The first-order valence-electron chi connectivity index (χ1n) is 29.5. The van der Waals surface area contributed by atoms with Crippen LogP contribution >= 0.6 is 0 Å². The van der Waals surface area contributed by atoms with Gasteiger partial charge in [0.1, 0.15) is 48.6 Å². The van der Waals surface area contributed by atoms with E-state index in [9.17, 15) is 83.0 Å². The van der Waals surface area contributed by atoms with Crippen LogP contribution in [-0.2, 0) is 86.1 Å². The number of H-pyrrole nitrogens is 1. The second-order valence-corrected chi connectivity index (χ2v) is 22.7. The number of carboxylic acids is 1. The molecule has 0 bridgehead atoms. The number of carbonyl (C=O) groups excluding carboxylic acids is 8. The molecule has 1 saturated heterocycles. The van der Waals surface area contributed by atoms with E-state index in [0.29, 0.717) is 59.0 Å². The fraction of sp³-hybridized carbons (Fsp3) is 0.444. The second kappa shape index (κ2) is 33.4. The summed E-state index contributed by atoms with van der Waals surface area (Å²) in [6, 6.07) is 13.9. The van der Waals surface area contributed by atoms with Crippen molar-refractivity contribution in [3.05, 3.63) is 137 Å². The van der Waals surface area contributed by atoms with Crippen LogP contribution in [-0.4, -0.2) is 147 Å². The van der Waals surface area contributed by atoms with Crippen molar-refractivity contribution in [2.75, 3.05) is 20.1 Å². The van der Waals surface area contributed by atoms with E-state index in [2.05, 4.69) is 31.6 Å². The number of aliphatic carboxylic acids is 1. The quantitative estimate of drug-likeness (QED) is 0.0194. The predicted molar refractivity (Wildman–Crippen MR) is 319 cm³/mol. The van der Waals surface area contributed by atoms with E-state index in [-0.39, 0.29) is 62.8 Å². The van der Waals surface area contributed by atoms with Gasteiger partial charge in [0.15, 0.2) is 0 Å². The molecule has 0 spiro atoms. The van der Waals surface area contributed by atoms with Crippen LogP contribution in [0.1, 0.15) is 99.6 Å². The number of likely N-dealkylation sites (N-methyl/N-ethyl adjacent to an activating group) is 1. The Balaban J connectivity index is 0.00000211. The van der Waals surface area contributed by atoms with E-state index in [4.69, 9.17) is 20.4 Å². The smallest absolute Gasteiger partial charge is 0.490 e. The molecule has 1 aliphatic rings. The number of nitrogens with zero attached hydrogens (tertiary/aromatic N) is 2. The number of hydrogen-bond acceptors (Lipinski definition) is 12. The number of carbonyl (C=O) groups is 9. The van der Waals surface area contributed by atoms with Gasteiger partial charge in [-0.3, -0.25) is 33.6 Å². The van der Waals surface area contributed by atoms with E-state index >= 15 is 0 Å². The van der Waals surface area contributed by atoms with Crippen LogP contribution in [0.25, 0.3) is 10.9 Å².